The maximum atomic E-state index is 12.8. The number of anilines is 1. The molecule has 0 atom stereocenters. The number of ether oxygens (including phenoxy) is 1. The second kappa shape index (κ2) is 5.24. The number of hydrogen-bond donors (Lipinski definition) is 0. The fourth-order valence-corrected chi connectivity index (χ4v) is 3.54. The van der Waals surface area contributed by atoms with Crippen LogP contribution in [0.1, 0.15) is 27.1 Å². The molecule has 0 bridgehead atoms. The van der Waals surface area contributed by atoms with Gasteiger partial charge in [-0.2, -0.15) is 14.6 Å². The van der Waals surface area contributed by atoms with E-state index in [0.717, 1.165) is 22.4 Å². The summed E-state index contributed by atoms with van der Waals surface area (Å²) in [6, 6.07) is 6.83. The van der Waals surface area contributed by atoms with E-state index >= 15 is 0 Å². The number of nitrogens with zero attached hydrogens (tertiary/aromatic N) is 4. The molecule has 0 fully saturated rings. The van der Waals surface area contributed by atoms with Crippen molar-refractivity contribution < 1.29 is 14.3 Å². The molecule has 2 aromatic heterocycles. The molecule has 0 saturated heterocycles. The third-order valence-electron chi connectivity index (χ3n) is 3.50. The fourth-order valence-electron chi connectivity index (χ4n) is 2.55. The third-order valence-corrected chi connectivity index (χ3v) is 4.52. The van der Waals surface area contributed by atoms with Crippen LogP contribution >= 0.6 is 11.3 Å². The van der Waals surface area contributed by atoms with Gasteiger partial charge in [0.15, 0.2) is 5.69 Å². The van der Waals surface area contributed by atoms with Gasteiger partial charge in [0, 0.05) is 0 Å². The fraction of sp³-hybridized carbons (Fsp3) is 0.133. The molecule has 3 heterocycles. The molecule has 3 aromatic rings. The first-order valence-electron chi connectivity index (χ1n) is 7.11. The van der Waals surface area contributed by atoms with Crippen LogP contribution in [0, 0.1) is 0 Å². The second-order valence-electron chi connectivity index (χ2n) is 4.92. The Labute approximate surface area is 138 Å². The van der Waals surface area contributed by atoms with Gasteiger partial charge in [-0.1, -0.05) is 23.5 Å². The monoisotopic (exact) mass is 342 g/mol. The standard InChI is InChI=1S/C15H10N4O4S/c1-2-23-9-6-4-3-5-8(9)18-13(21)11-12(14(18)22)24-15-17-10(20)7-16-19(11)15/h3-7H,2H2,1H3. The summed E-state index contributed by atoms with van der Waals surface area (Å²) in [6.07, 6.45) is 1.01. The zero-order valence-corrected chi connectivity index (χ0v) is 13.2. The number of aromatic nitrogens is 3. The Bertz CT molecular complexity index is 1060. The van der Waals surface area contributed by atoms with Gasteiger partial charge in [-0.05, 0) is 19.1 Å². The number of thiazole rings is 1. The van der Waals surface area contributed by atoms with E-state index in [1.807, 2.05) is 6.92 Å². The maximum Gasteiger partial charge on any atom is 0.292 e. The van der Waals surface area contributed by atoms with Crippen LogP contribution in [0.3, 0.4) is 0 Å². The molecule has 0 radical (unpaired) electrons. The molecule has 4 rings (SSSR count). The summed E-state index contributed by atoms with van der Waals surface area (Å²) in [5, 5.41) is 3.91. The van der Waals surface area contributed by atoms with Crippen LogP contribution in [0.4, 0.5) is 5.69 Å². The van der Waals surface area contributed by atoms with Crippen LogP contribution in [0.15, 0.2) is 35.3 Å². The minimum atomic E-state index is -0.522. The summed E-state index contributed by atoms with van der Waals surface area (Å²) in [7, 11) is 0. The van der Waals surface area contributed by atoms with E-state index in [2.05, 4.69) is 10.1 Å². The van der Waals surface area contributed by atoms with Gasteiger partial charge in [-0.25, -0.2) is 4.90 Å². The number of imide groups is 1. The first-order chi connectivity index (χ1) is 11.6. The number of carbonyl (C=O) groups is 2. The largest absolute Gasteiger partial charge is 0.492 e. The minimum Gasteiger partial charge on any atom is -0.492 e. The number of fused-ring (bicyclic) bond motifs is 3. The first kappa shape index (κ1) is 14.5. The predicted molar refractivity (Wildman–Crippen MR) is 85.9 cm³/mol. The SMILES string of the molecule is CCOc1ccccc1N1C(=O)c2sc3nc(=O)cnn3c2C1=O. The quantitative estimate of drug-likeness (QED) is 0.667. The number of para-hydroxylation sites is 2. The Morgan fingerprint density at radius 1 is 1.17 bits per heavy atom. The van der Waals surface area contributed by atoms with Crippen molar-refractivity contribution in [2.45, 2.75) is 6.92 Å². The van der Waals surface area contributed by atoms with Crippen LogP contribution in [-0.4, -0.2) is 33.0 Å². The van der Waals surface area contributed by atoms with E-state index in [9.17, 15) is 14.4 Å². The van der Waals surface area contributed by atoms with Crippen molar-refractivity contribution in [2.24, 2.45) is 0 Å². The van der Waals surface area contributed by atoms with E-state index in [1.165, 1.54) is 4.52 Å². The second-order valence-corrected chi connectivity index (χ2v) is 5.89. The van der Waals surface area contributed by atoms with Gasteiger partial charge in [0.1, 0.15) is 16.8 Å². The van der Waals surface area contributed by atoms with Crippen molar-refractivity contribution in [1.82, 2.24) is 14.6 Å². The van der Waals surface area contributed by atoms with Crippen LogP contribution in [-0.2, 0) is 0 Å². The number of benzene rings is 1. The van der Waals surface area contributed by atoms with E-state index in [1.54, 1.807) is 24.3 Å². The van der Waals surface area contributed by atoms with Gasteiger partial charge in [-0.15, -0.1) is 0 Å². The van der Waals surface area contributed by atoms with Crippen molar-refractivity contribution in [1.29, 1.82) is 0 Å². The summed E-state index contributed by atoms with van der Waals surface area (Å²) >= 11 is 0.967. The topological polar surface area (TPSA) is 93.9 Å². The molecule has 24 heavy (non-hydrogen) atoms. The van der Waals surface area contributed by atoms with Crippen molar-refractivity contribution in [3.05, 3.63) is 51.4 Å². The molecule has 2 amide bonds. The van der Waals surface area contributed by atoms with Crippen LogP contribution in [0.5, 0.6) is 5.75 Å². The highest BCUT2D eigenvalue weighted by molar-refractivity contribution is 7.19. The first-order valence-corrected chi connectivity index (χ1v) is 7.93. The zero-order chi connectivity index (χ0) is 16.8. The lowest BCUT2D eigenvalue weighted by Crippen LogP contribution is -2.30. The van der Waals surface area contributed by atoms with Gasteiger partial charge >= 0.3 is 0 Å². The Morgan fingerprint density at radius 2 is 1.96 bits per heavy atom. The normalized spacial score (nSPS) is 13.6. The third kappa shape index (κ3) is 1.95. The highest BCUT2D eigenvalue weighted by atomic mass is 32.1. The summed E-state index contributed by atoms with van der Waals surface area (Å²) in [5.74, 6) is -0.558. The summed E-state index contributed by atoms with van der Waals surface area (Å²) in [4.78, 5) is 42.1. The van der Waals surface area contributed by atoms with Gasteiger partial charge in [0.2, 0.25) is 4.96 Å². The average molecular weight is 342 g/mol. The Balaban J connectivity index is 1.88. The number of rotatable bonds is 3. The summed E-state index contributed by atoms with van der Waals surface area (Å²) < 4.78 is 6.73. The van der Waals surface area contributed by atoms with Gasteiger partial charge in [0.05, 0.1) is 12.3 Å². The maximum absolute atomic E-state index is 12.8. The Hall–Kier alpha value is -3.07. The highest BCUT2D eigenvalue weighted by Gasteiger charge is 2.42. The minimum absolute atomic E-state index is 0.110. The summed E-state index contributed by atoms with van der Waals surface area (Å²) in [6.45, 7) is 2.23. The Morgan fingerprint density at radius 3 is 2.75 bits per heavy atom. The smallest absolute Gasteiger partial charge is 0.292 e. The van der Waals surface area contributed by atoms with Crippen LogP contribution < -0.4 is 15.2 Å². The zero-order valence-electron chi connectivity index (χ0n) is 12.4. The lowest BCUT2D eigenvalue weighted by molar-refractivity contribution is 0.0923. The molecule has 9 heteroatoms. The van der Waals surface area contributed by atoms with E-state index in [4.69, 9.17) is 4.74 Å². The molecule has 0 unspecified atom stereocenters. The summed E-state index contributed by atoms with van der Waals surface area (Å²) in [5.41, 5.74) is -0.0351. The van der Waals surface area contributed by atoms with Crippen molar-refractivity contribution >= 4 is 33.8 Å². The van der Waals surface area contributed by atoms with E-state index < -0.39 is 17.4 Å². The Kier molecular flexibility index (Phi) is 3.17. The molecule has 1 aliphatic heterocycles. The molecule has 1 aromatic carbocycles. The molecule has 120 valence electrons. The lowest BCUT2D eigenvalue weighted by Gasteiger charge is -2.17. The molecule has 0 aliphatic carbocycles. The molecular weight excluding hydrogens is 332 g/mol. The number of amides is 2. The van der Waals surface area contributed by atoms with Gasteiger partial charge in [-0.3, -0.25) is 14.4 Å². The molecular formula is C15H10N4O4S. The van der Waals surface area contributed by atoms with Gasteiger partial charge in [0.25, 0.3) is 17.4 Å². The lowest BCUT2D eigenvalue weighted by atomic mass is 10.2. The molecule has 0 N–H and O–H groups in total. The molecule has 0 spiro atoms. The van der Waals surface area contributed by atoms with E-state index in [0.29, 0.717) is 18.0 Å². The molecule has 1 aliphatic rings. The predicted octanol–water partition coefficient (Wildman–Crippen LogP) is 1.35. The van der Waals surface area contributed by atoms with Crippen molar-refractivity contribution in [3.8, 4) is 5.75 Å². The van der Waals surface area contributed by atoms with Crippen LogP contribution in [0.25, 0.3) is 4.96 Å². The molecule has 8 nitrogen and oxygen atoms in total. The average Bonchev–Trinajstić information content (AvgIpc) is 3.05. The highest BCUT2D eigenvalue weighted by Crippen LogP contribution is 2.37. The number of hydrogen-bond acceptors (Lipinski definition) is 7. The van der Waals surface area contributed by atoms with Crippen LogP contribution in [0.2, 0.25) is 0 Å². The molecule has 0 saturated carbocycles. The van der Waals surface area contributed by atoms with Gasteiger partial charge < -0.3 is 4.74 Å². The van der Waals surface area contributed by atoms with E-state index in [-0.39, 0.29) is 15.5 Å². The van der Waals surface area contributed by atoms with Crippen molar-refractivity contribution in [2.75, 3.05) is 11.5 Å². The number of carbonyl (C=O) groups excluding carboxylic acids is 2. The van der Waals surface area contributed by atoms with Crippen molar-refractivity contribution in [3.63, 3.8) is 0 Å².